The third-order valence-corrected chi connectivity index (χ3v) is 4.88. The summed E-state index contributed by atoms with van der Waals surface area (Å²) in [5.74, 6) is -0.550. The highest BCUT2D eigenvalue weighted by Gasteiger charge is 2.42. The van der Waals surface area contributed by atoms with Crippen LogP contribution in [0.1, 0.15) is 18.5 Å². The van der Waals surface area contributed by atoms with Gasteiger partial charge in [-0.05, 0) is 24.6 Å². The number of aliphatic hydroxyl groups excluding tert-OH is 1. The molecule has 1 amide bonds. The van der Waals surface area contributed by atoms with E-state index in [9.17, 15) is 14.7 Å². The van der Waals surface area contributed by atoms with E-state index >= 15 is 0 Å². The summed E-state index contributed by atoms with van der Waals surface area (Å²) in [6, 6.07) is 6.63. The minimum absolute atomic E-state index is 0.155. The molecule has 1 N–H and O–H groups in total. The predicted octanol–water partition coefficient (Wildman–Crippen LogP) is 1.31. The lowest BCUT2D eigenvalue weighted by Crippen LogP contribution is -2.43. The molecule has 1 saturated heterocycles. The number of aliphatic hydroxyl groups is 1. The standard InChI is InChI=1S/C19H24N2O5/c1-13(22)16-17(14-3-5-15(25-2)6-4-14)21(19(24)18(16)23)8-7-20-9-11-26-12-10-20/h3-6,17,23H,7-12H2,1-2H3. The van der Waals surface area contributed by atoms with Crippen LogP contribution in [0.2, 0.25) is 0 Å². The minimum atomic E-state index is -0.577. The van der Waals surface area contributed by atoms with Crippen molar-refractivity contribution in [1.82, 2.24) is 9.80 Å². The van der Waals surface area contributed by atoms with Crippen LogP contribution in [0.4, 0.5) is 0 Å². The summed E-state index contributed by atoms with van der Waals surface area (Å²) in [6.45, 7) is 5.45. The van der Waals surface area contributed by atoms with Crippen LogP contribution in [0, 0.1) is 0 Å². The van der Waals surface area contributed by atoms with Crippen LogP contribution in [0.25, 0.3) is 0 Å². The first-order valence-corrected chi connectivity index (χ1v) is 8.72. The zero-order valence-corrected chi connectivity index (χ0v) is 15.1. The molecule has 0 radical (unpaired) electrons. The summed E-state index contributed by atoms with van der Waals surface area (Å²) in [5.41, 5.74) is 0.928. The molecule has 26 heavy (non-hydrogen) atoms. The van der Waals surface area contributed by atoms with Gasteiger partial charge < -0.3 is 19.5 Å². The third-order valence-electron chi connectivity index (χ3n) is 4.88. The maximum atomic E-state index is 12.6. The molecule has 7 nitrogen and oxygen atoms in total. The van der Waals surface area contributed by atoms with Gasteiger partial charge in [-0.1, -0.05) is 12.1 Å². The molecule has 2 heterocycles. The number of ether oxygens (including phenoxy) is 2. The van der Waals surface area contributed by atoms with Gasteiger partial charge in [0, 0.05) is 26.2 Å². The number of carbonyl (C=O) groups is 2. The van der Waals surface area contributed by atoms with Crippen molar-refractivity contribution in [2.45, 2.75) is 13.0 Å². The molecular weight excluding hydrogens is 336 g/mol. The van der Waals surface area contributed by atoms with Gasteiger partial charge in [0.2, 0.25) is 0 Å². The number of Topliss-reactive ketones (excluding diaryl/α,β-unsaturated/α-hetero) is 1. The van der Waals surface area contributed by atoms with Crippen molar-refractivity contribution in [2.24, 2.45) is 0 Å². The first-order valence-electron chi connectivity index (χ1n) is 8.72. The first kappa shape index (κ1) is 18.4. The Bertz CT molecular complexity index is 707. The molecule has 0 saturated carbocycles. The Hall–Kier alpha value is -2.38. The fourth-order valence-electron chi connectivity index (χ4n) is 3.45. The van der Waals surface area contributed by atoms with Gasteiger partial charge in [0.15, 0.2) is 11.5 Å². The Labute approximate surface area is 152 Å². The summed E-state index contributed by atoms with van der Waals surface area (Å²) < 4.78 is 10.5. The number of carbonyl (C=O) groups excluding carboxylic acids is 2. The molecule has 7 heteroatoms. The normalized spacial score (nSPS) is 21.4. The molecule has 2 aliphatic heterocycles. The van der Waals surface area contributed by atoms with E-state index in [4.69, 9.17) is 9.47 Å². The molecule has 0 bridgehead atoms. The highest BCUT2D eigenvalue weighted by molar-refractivity contribution is 6.08. The SMILES string of the molecule is COc1ccc(C2C(C(C)=O)=C(O)C(=O)N2CCN2CCOCC2)cc1. The molecule has 1 atom stereocenters. The molecule has 1 unspecified atom stereocenters. The summed E-state index contributed by atoms with van der Waals surface area (Å²) in [4.78, 5) is 28.5. The van der Waals surface area contributed by atoms with E-state index in [1.165, 1.54) is 6.92 Å². The predicted molar refractivity (Wildman–Crippen MR) is 95.0 cm³/mol. The van der Waals surface area contributed by atoms with Gasteiger partial charge in [-0.15, -0.1) is 0 Å². The monoisotopic (exact) mass is 360 g/mol. The fraction of sp³-hybridized carbons (Fsp3) is 0.474. The number of nitrogens with zero attached hydrogens (tertiary/aromatic N) is 2. The lowest BCUT2D eigenvalue weighted by atomic mass is 9.96. The molecule has 1 fully saturated rings. The Morgan fingerprint density at radius 3 is 2.46 bits per heavy atom. The number of rotatable bonds is 6. The maximum absolute atomic E-state index is 12.6. The third kappa shape index (κ3) is 3.59. The zero-order valence-electron chi connectivity index (χ0n) is 15.1. The summed E-state index contributed by atoms with van der Waals surface area (Å²) in [7, 11) is 1.58. The van der Waals surface area contributed by atoms with Gasteiger partial charge in [-0.3, -0.25) is 14.5 Å². The fourth-order valence-corrected chi connectivity index (χ4v) is 3.45. The van der Waals surface area contributed by atoms with E-state index in [1.807, 2.05) is 12.1 Å². The van der Waals surface area contributed by atoms with Crippen molar-refractivity contribution in [3.63, 3.8) is 0 Å². The van der Waals surface area contributed by atoms with Gasteiger partial charge in [0.25, 0.3) is 5.91 Å². The molecule has 1 aromatic carbocycles. The van der Waals surface area contributed by atoms with Gasteiger partial charge in [-0.25, -0.2) is 0 Å². The Balaban J connectivity index is 1.85. The molecular formula is C19H24N2O5. The van der Waals surface area contributed by atoms with Crippen LogP contribution in [0.5, 0.6) is 5.75 Å². The Morgan fingerprint density at radius 2 is 1.88 bits per heavy atom. The number of methoxy groups -OCH3 is 1. The van der Waals surface area contributed by atoms with Crippen molar-refractivity contribution in [2.75, 3.05) is 46.5 Å². The van der Waals surface area contributed by atoms with Crippen LogP contribution in [-0.4, -0.2) is 73.1 Å². The van der Waals surface area contributed by atoms with E-state index in [-0.39, 0.29) is 11.4 Å². The number of hydrogen-bond donors (Lipinski definition) is 1. The van der Waals surface area contributed by atoms with Gasteiger partial charge in [0.1, 0.15) is 5.75 Å². The van der Waals surface area contributed by atoms with Gasteiger partial charge in [0.05, 0.1) is 31.9 Å². The second-order valence-electron chi connectivity index (χ2n) is 6.45. The summed E-state index contributed by atoms with van der Waals surface area (Å²) in [6.07, 6.45) is 0. The molecule has 140 valence electrons. The second kappa shape index (κ2) is 7.88. The molecule has 3 rings (SSSR count). The van der Waals surface area contributed by atoms with Crippen molar-refractivity contribution < 1.29 is 24.2 Å². The van der Waals surface area contributed by atoms with E-state index < -0.39 is 17.7 Å². The van der Waals surface area contributed by atoms with Crippen LogP contribution in [0.3, 0.4) is 0 Å². The molecule has 2 aliphatic rings. The molecule has 0 spiro atoms. The Morgan fingerprint density at radius 1 is 1.23 bits per heavy atom. The lowest BCUT2D eigenvalue weighted by molar-refractivity contribution is -0.129. The average Bonchev–Trinajstić information content (AvgIpc) is 2.92. The Kier molecular flexibility index (Phi) is 5.58. The first-order chi connectivity index (χ1) is 12.5. The topological polar surface area (TPSA) is 79.3 Å². The molecule has 0 aliphatic carbocycles. The van der Waals surface area contributed by atoms with Crippen LogP contribution in [-0.2, 0) is 14.3 Å². The van der Waals surface area contributed by atoms with Crippen molar-refractivity contribution in [3.05, 3.63) is 41.2 Å². The second-order valence-corrected chi connectivity index (χ2v) is 6.45. The molecule has 1 aromatic rings. The number of hydrogen-bond acceptors (Lipinski definition) is 6. The van der Waals surface area contributed by atoms with Crippen LogP contribution in [0.15, 0.2) is 35.6 Å². The molecule has 0 aromatic heterocycles. The average molecular weight is 360 g/mol. The van der Waals surface area contributed by atoms with Crippen molar-refractivity contribution >= 4 is 11.7 Å². The number of morpholine rings is 1. The smallest absolute Gasteiger partial charge is 0.290 e. The van der Waals surface area contributed by atoms with Crippen LogP contribution < -0.4 is 4.74 Å². The van der Waals surface area contributed by atoms with Gasteiger partial charge in [-0.2, -0.15) is 0 Å². The van der Waals surface area contributed by atoms with E-state index in [0.717, 1.165) is 18.7 Å². The highest BCUT2D eigenvalue weighted by atomic mass is 16.5. The lowest BCUT2D eigenvalue weighted by Gasteiger charge is -2.31. The van der Waals surface area contributed by atoms with Crippen molar-refractivity contribution in [3.8, 4) is 5.75 Å². The zero-order chi connectivity index (χ0) is 18.7. The van der Waals surface area contributed by atoms with E-state index in [1.54, 1.807) is 24.1 Å². The largest absolute Gasteiger partial charge is 0.503 e. The summed E-state index contributed by atoms with van der Waals surface area (Å²) >= 11 is 0. The van der Waals surface area contributed by atoms with Crippen molar-refractivity contribution in [1.29, 1.82) is 0 Å². The number of benzene rings is 1. The van der Waals surface area contributed by atoms with E-state index in [2.05, 4.69) is 4.90 Å². The van der Waals surface area contributed by atoms with E-state index in [0.29, 0.717) is 32.1 Å². The maximum Gasteiger partial charge on any atom is 0.290 e. The summed E-state index contributed by atoms with van der Waals surface area (Å²) in [5, 5.41) is 10.3. The van der Waals surface area contributed by atoms with Crippen LogP contribution >= 0.6 is 0 Å². The minimum Gasteiger partial charge on any atom is -0.503 e. The highest BCUT2D eigenvalue weighted by Crippen LogP contribution is 2.37. The quantitative estimate of drug-likeness (QED) is 0.824. The number of ketones is 1. The van der Waals surface area contributed by atoms with Gasteiger partial charge >= 0.3 is 0 Å². The number of amides is 1.